The maximum absolute atomic E-state index is 13.1. The predicted molar refractivity (Wildman–Crippen MR) is 65.1 cm³/mol. The van der Waals surface area contributed by atoms with E-state index < -0.39 is 17.3 Å². The second-order valence-electron chi connectivity index (χ2n) is 4.54. The Balaban J connectivity index is 2.49. The zero-order valence-corrected chi connectivity index (χ0v) is 10.4. The van der Waals surface area contributed by atoms with Crippen LogP contribution in [0.3, 0.4) is 0 Å². The summed E-state index contributed by atoms with van der Waals surface area (Å²) < 4.78 is 13.1. The number of halogens is 1. The third-order valence-corrected chi connectivity index (χ3v) is 2.28. The first-order valence-corrected chi connectivity index (χ1v) is 5.50. The molecule has 0 saturated carbocycles. The maximum atomic E-state index is 13.1. The maximum Gasteiger partial charge on any atom is 0.277 e. The van der Waals surface area contributed by atoms with Gasteiger partial charge in [0, 0.05) is 6.42 Å². The van der Waals surface area contributed by atoms with E-state index in [9.17, 15) is 14.3 Å². The molecule has 1 rings (SSSR count). The summed E-state index contributed by atoms with van der Waals surface area (Å²) in [6.07, 6.45) is 0.353. The van der Waals surface area contributed by atoms with Gasteiger partial charge in [-0.15, -0.1) is 0 Å². The monoisotopic (exact) mass is 256 g/mol. The van der Waals surface area contributed by atoms with E-state index in [1.165, 1.54) is 18.2 Å². The molecule has 0 heterocycles. The second-order valence-corrected chi connectivity index (χ2v) is 4.54. The number of nitrogens with one attached hydrogen (secondary N) is 1. The lowest BCUT2D eigenvalue weighted by Gasteiger charge is -2.16. The van der Waals surface area contributed by atoms with Crippen molar-refractivity contribution < 1.29 is 19.1 Å². The summed E-state index contributed by atoms with van der Waals surface area (Å²) in [6.45, 7) is 3.40. The van der Waals surface area contributed by atoms with Crippen molar-refractivity contribution >= 4 is 11.6 Å². The molecule has 5 nitrogen and oxygen atoms in total. The molecule has 0 radical (unpaired) electrons. The zero-order chi connectivity index (χ0) is 13.8. The van der Waals surface area contributed by atoms with Gasteiger partial charge in [0.1, 0.15) is 5.82 Å². The van der Waals surface area contributed by atoms with Crippen LogP contribution in [-0.2, 0) is 4.84 Å². The first-order chi connectivity index (χ1) is 8.31. The van der Waals surface area contributed by atoms with Crippen molar-refractivity contribution in [3.8, 4) is 0 Å². The molecule has 0 aromatic heterocycles. The molecule has 0 aliphatic carbocycles. The number of rotatable bonds is 5. The number of para-hydroxylation sites is 1. The summed E-state index contributed by atoms with van der Waals surface area (Å²) in [5, 5.41) is 9.42. The van der Waals surface area contributed by atoms with Crippen molar-refractivity contribution in [2.45, 2.75) is 25.9 Å². The molecule has 1 aromatic rings. The van der Waals surface area contributed by atoms with E-state index in [1.54, 1.807) is 13.8 Å². The summed E-state index contributed by atoms with van der Waals surface area (Å²) in [7, 11) is 0. The lowest BCUT2D eigenvalue weighted by molar-refractivity contribution is -0.00569. The number of amides is 1. The Morgan fingerprint density at radius 1 is 1.56 bits per heavy atom. The van der Waals surface area contributed by atoms with Gasteiger partial charge < -0.3 is 10.8 Å². The fourth-order valence-electron chi connectivity index (χ4n) is 1.21. The average molecular weight is 256 g/mol. The third kappa shape index (κ3) is 4.31. The normalized spacial score (nSPS) is 11.3. The highest BCUT2D eigenvalue weighted by Gasteiger charge is 2.14. The van der Waals surface area contributed by atoms with Crippen molar-refractivity contribution in [2.24, 2.45) is 0 Å². The first kappa shape index (κ1) is 14.4. The van der Waals surface area contributed by atoms with Crippen LogP contribution in [0.2, 0.25) is 0 Å². The molecule has 0 unspecified atom stereocenters. The van der Waals surface area contributed by atoms with Crippen LogP contribution in [0.4, 0.5) is 10.1 Å². The van der Waals surface area contributed by atoms with Crippen LogP contribution < -0.4 is 11.2 Å². The van der Waals surface area contributed by atoms with Crippen molar-refractivity contribution in [3.05, 3.63) is 29.6 Å². The summed E-state index contributed by atoms with van der Waals surface area (Å²) in [4.78, 5) is 16.5. The van der Waals surface area contributed by atoms with E-state index in [1.807, 2.05) is 0 Å². The number of nitrogens with two attached hydrogens (primary N) is 1. The number of nitrogen functional groups attached to an aromatic ring is 1. The molecule has 100 valence electrons. The number of carbonyl (C=O) groups is 1. The fourth-order valence-corrected chi connectivity index (χ4v) is 1.21. The van der Waals surface area contributed by atoms with Crippen molar-refractivity contribution in [1.29, 1.82) is 0 Å². The summed E-state index contributed by atoms with van der Waals surface area (Å²) in [5.74, 6) is -1.28. The molecule has 4 N–H and O–H groups in total. The highest BCUT2D eigenvalue weighted by molar-refractivity contribution is 5.98. The minimum Gasteiger partial charge on any atom is -0.396 e. The van der Waals surface area contributed by atoms with Crippen LogP contribution in [0.1, 0.15) is 30.6 Å². The predicted octanol–water partition coefficient (Wildman–Crippen LogP) is 1.23. The molecular formula is C12H17FN2O3. The largest absolute Gasteiger partial charge is 0.396 e. The van der Waals surface area contributed by atoms with Crippen molar-refractivity contribution in [1.82, 2.24) is 5.48 Å². The molecule has 0 spiro atoms. The van der Waals surface area contributed by atoms with Crippen LogP contribution in [-0.4, -0.2) is 23.2 Å². The number of hydroxylamine groups is 1. The van der Waals surface area contributed by atoms with Crippen LogP contribution in [0.25, 0.3) is 0 Å². The van der Waals surface area contributed by atoms with E-state index in [4.69, 9.17) is 10.6 Å². The first-order valence-electron chi connectivity index (χ1n) is 5.50. The molecule has 0 atom stereocenters. The number of hydrogen-bond donors (Lipinski definition) is 3. The number of hydrogen-bond acceptors (Lipinski definition) is 4. The van der Waals surface area contributed by atoms with Crippen LogP contribution in [0.5, 0.6) is 0 Å². The van der Waals surface area contributed by atoms with Gasteiger partial charge in [0.05, 0.1) is 23.5 Å². The molecule has 0 aliphatic rings. The van der Waals surface area contributed by atoms with E-state index in [-0.39, 0.29) is 17.9 Å². The van der Waals surface area contributed by atoms with E-state index in [0.29, 0.717) is 6.42 Å². The molecular weight excluding hydrogens is 239 g/mol. The summed E-state index contributed by atoms with van der Waals surface area (Å²) in [6, 6.07) is 3.95. The standard InChI is InChI=1S/C12H17FN2O3/c1-12(2,17)6-7-18-15-11(16)8-4-3-5-9(13)10(8)14/h3-5,17H,6-7,14H2,1-2H3,(H,15,16). The van der Waals surface area contributed by atoms with Gasteiger partial charge >= 0.3 is 0 Å². The van der Waals surface area contributed by atoms with Gasteiger partial charge in [-0.1, -0.05) is 6.07 Å². The lowest BCUT2D eigenvalue weighted by atomic mass is 10.1. The molecule has 18 heavy (non-hydrogen) atoms. The van der Waals surface area contributed by atoms with E-state index in [0.717, 1.165) is 0 Å². The zero-order valence-electron chi connectivity index (χ0n) is 10.4. The Morgan fingerprint density at radius 2 is 2.22 bits per heavy atom. The quantitative estimate of drug-likeness (QED) is 0.420. The minimum absolute atomic E-state index is 0.0123. The SMILES string of the molecule is CC(C)(O)CCONC(=O)c1cccc(F)c1N. The Kier molecular flexibility index (Phi) is 4.63. The van der Waals surface area contributed by atoms with E-state index >= 15 is 0 Å². The summed E-state index contributed by atoms with van der Waals surface area (Å²) >= 11 is 0. The van der Waals surface area contributed by atoms with E-state index in [2.05, 4.69) is 5.48 Å². The molecule has 6 heteroatoms. The molecule has 0 saturated heterocycles. The fraction of sp³-hybridized carbons (Fsp3) is 0.417. The summed E-state index contributed by atoms with van der Waals surface area (Å²) in [5.41, 5.74) is 6.49. The smallest absolute Gasteiger partial charge is 0.277 e. The lowest BCUT2D eigenvalue weighted by Crippen LogP contribution is -2.28. The topological polar surface area (TPSA) is 84.6 Å². The molecule has 1 amide bonds. The number of carbonyl (C=O) groups excluding carboxylic acids is 1. The molecule has 0 bridgehead atoms. The molecule has 0 fully saturated rings. The number of anilines is 1. The molecule has 0 aliphatic heterocycles. The second kappa shape index (κ2) is 5.79. The number of benzene rings is 1. The van der Waals surface area contributed by atoms with Gasteiger partial charge in [0.25, 0.3) is 5.91 Å². The highest BCUT2D eigenvalue weighted by atomic mass is 19.1. The van der Waals surface area contributed by atoms with Crippen molar-refractivity contribution in [2.75, 3.05) is 12.3 Å². The number of aliphatic hydroxyl groups is 1. The minimum atomic E-state index is -0.872. The highest BCUT2D eigenvalue weighted by Crippen LogP contribution is 2.15. The average Bonchev–Trinajstić information content (AvgIpc) is 2.26. The van der Waals surface area contributed by atoms with Gasteiger partial charge in [-0.25, -0.2) is 9.87 Å². The van der Waals surface area contributed by atoms with Crippen LogP contribution in [0.15, 0.2) is 18.2 Å². The Bertz CT molecular complexity index is 430. The van der Waals surface area contributed by atoms with Crippen LogP contribution in [0, 0.1) is 5.82 Å². The molecule has 1 aromatic carbocycles. The van der Waals surface area contributed by atoms with Gasteiger partial charge in [0.15, 0.2) is 0 Å². The Morgan fingerprint density at radius 3 is 2.83 bits per heavy atom. The Labute approximate surface area is 105 Å². The van der Waals surface area contributed by atoms with Crippen LogP contribution >= 0.6 is 0 Å². The van der Waals surface area contributed by atoms with Gasteiger partial charge in [-0.3, -0.25) is 9.63 Å². The van der Waals surface area contributed by atoms with Gasteiger partial charge in [-0.05, 0) is 26.0 Å². The van der Waals surface area contributed by atoms with Gasteiger partial charge in [0.2, 0.25) is 0 Å². The third-order valence-electron chi connectivity index (χ3n) is 2.28. The Hall–Kier alpha value is -1.66. The van der Waals surface area contributed by atoms with Gasteiger partial charge in [-0.2, -0.15) is 0 Å². The van der Waals surface area contributed by atoms with Crippen molar-refractivity contribution in [3.63, 3.8) is 0 Å².